The molecule has 4 rings (SSSR count). The summed E-state index contributed by atoms with van der Waals surface area (Å²) in [7, 11) is 2.96. The van der Waals surface area contributed by atoms with Crippen molar-refractivity contribution in [1.82, 2.24) is 38.9 Å². The van der Waals surface area contributed by atoms with Crippen LogP contribution in [0.5, 0.6) is 0 Å². The molecule has 0 atom stereocenters. The summed E-state index contributed by atoms with van der Waals surface area (Å²) >= 11 is 5.32. The average molecular weight is 370 g/mol. The van der Waals surface area contributed by atoms with Gasteiger partial charge in [-0.3, -0.25) is 23.6 Å². The van der Waals surface area contributed by atoms with E-state index in [1.807, 2.05) is 30.3 Å². The summed E-state index contributed by atoms with van der Waals surface area (Å²) in [5.41, 5.74) is 0.364. The molecule has 0 saturated carbocycles. The minimum Gasteiger partial charge on any atom is -0.278 e. The zero-order valence-corrected chi connectivity index (χ0v) is 14.8. The molecule has 0 bridgehead atoms. The number of benzene rings is 1. The summed E-state index contributed by atoms with van der Waals surface area (Å²) in [6, 6.07) is 9.49. The van der Waals surface area contributed by atoms with Crippen LogP contribution < -0.4 is 11.2 Å². The van der Waals surface area contributed by atoms with E-state index in [2.05, 4.69) is 20.5 Å². The van der Waals surface area contributed by atoms with Gasteiger partial charge in [-0.05, 0) is 24.4 Å². The number of hydrogen-bond acceptors (Lipinski definition) is 6. The highest BCUT2D eigenvalue weighted by Gasteiger charge is 2.18. The molecule has 0 aliphatic rings. The van der Waals surface area contributed by atoms with E-state index in [-0.39, 0.29) is 17.7 Å². The van der Waals surface area contributed by atoms with E-state index in [4.69, 9.17) is 12.2 Å². The summed E-state index contributed by atoms with van der Waals surface area (Å²) in [5, 5.41) is 15.0. The third-order valence-corrected chi connectivity index (χ3v) is 4.44. The maximum absolute atomic E-state index is 12.5. The summed E-state index contributed by atoms with van der Waals surface area (Å²) < 4.78 is 5.91. The highest BCUT2D eigenvalue weighted by molar-refractivity contribution is 7.71. The Hall–Kier alpha value is -3.34. The SMILES string of the molecule is Cn1c(=O)c2c(nnn2Cc2n[nH]c(=S)n2-c2ccccc2)n(C)c1=O. The van der Waals surface area contributed by atoms with Crippen LogP contribution in [-0.2, 0) is 20.6 Å². The van der Waals surface area contributed by atoms with Crippen LogP contribution in [0.3, 0.4) is 0 Å². The van der Waals surface area contributed by atoms with Gasteiger partial charge in [0.05, 0.1) is 0 Å². The Labute approximate surface area is 150 Å². The van der Waals surface area contributed by atoms with Crippen molar-refractivity contribution in [2.75, 3.05) is 0 Å². The first kappa shape index (κ1) is 16.1. The van der Waals surface area contributed by atoms with Crippen molar-refractivity contribution < 1.29 is 0 Å². The maximum Gasteiger partial charge on any atom is 0.332 e. The molecule has 1 N–H and O–H groups in total. The van der Waals surface area contributed by atoms with Crippen LogP contribution in [0.2, 0.25) is 0 Å². The van der Waals surface area contributed by atoms with E-state index in [0.29, 0.717) is 10.6 Å². The molecule has 0 amide bonds. The standard InChI is InChI=1S/C15H14N8O2S/c1-20-12-11(13(24)21(2)15(20)25)22(19-17-12)8-10-16-18-14(26)23(10)9-6-4-3-5-7-9/h3-7H,8H2,1-2H3,(H,18,26). The zero-order chi connectivity index (χ0) is 18.4. The fourth-order valence-electron chi connectivity index (χ4n) is 2.82. The van der Waals surface area contributed by atoms with Gasteiger partial charge in [0.1, 0.15) is 6.54 Å². The number of para-hydroxylation sites is 1. The molecule has 0 aliphatic carbocycles. The van der Waals surface area contributed by atoms with E-state index in [9.17, 15) is 9.59 Å². The van der Waals surface area contributed by atoms with Gasteiger partial charge in [0.25, 0.3) is 5.56 Å². The first-order valence-corrected chi connectivity index (χ1v) is 8.11. The molecular formula is C15H14N8O2S. The largest absolute Gasteiger partial charge is 0.332 e. The minimum absolute atomic E-state index is 0.159. The van der Waals surface area contributed by atoms with Gasteiger partial charge >= 0.3 is 5.69 Å². The monoisotopic (exact) mass is 370 g/mol. The van der Waals surface area contributed by atoms with Crippen LogP contribution in [-0.4, -0.2) is 38.9 Å². The Morgan fingerprint density at radius 3 is 2.58 bits per heavy atom. The summed E-state index contributed by atoms with van der Waals surface area (Å²) in [4.78, 5) is 24.6. The number of rotatable bonds is 3. The van der Waals surface area contributed by atoms with Crippen molar-refractivity contribution >= 4 is 23.4 Å². The van der Waals surface area contributed by atoms with Gasteiger partial charge in [0.2, 0.25) is 0 Å². The Kier molecular flexibility index (Phi) is 3.65. The lowest BCUT2D eigenvalue weighted by Crippen LogP contribution is -2.37. The highest BCUT2D eigenvalue weighted by atomic mass is 32.1. The van der Waals surface area contributed by atoms with Crippen molar-refractivity contribution in [2.24, 2.45) is 14.1 Å². The molecule has 11 heteroatoms. The second-order valence-corrected chi connectivity index (χ2v) is 6.13. The van der Waals surface area contributed by atoms with Crippen molar-refractivity contribution in [3.8, 4) is 5.69 Å². The molecule has 1 aromatic carbocycles. The molecule has 26 heavy (non-hydrogen) atoms. The molecule has 0 spiro atoms. The molecular weight excluding hydrogens is 356 g/mol. The molecule has 0 unspecified atom stereocenters. The molecule has 0 aliphatic heterocycles. The number of H-pyrrole nitrogens is 1. The topological polar surface area (TPSA) is 108 Å². The van der Waals surface area contributed by atoms with Crippen LogP contribution in [0.15, 0.2) is 39.9 Å². The summed E-state index contributed by atoms with van der Waals surface area (Å²) in [5.74, 6) is 0.559. The lowest BCUT2D eigenvalue weighted by molar-refractivity contribution is 0.629. The third kappa shape index (κ3) is 2.32. The molecule has 10 nitrogen and oxygen atoms in total. The molecule has 132 valence electrons. The van der Waals surface area contributed by atoms with E-state index < -0.39 is 11.2 Å². The van der Waals surface area contributed by atoms with Gasteiger partial charge in [-0.15, -0.1) is 5.10 Å². The Morgan fingerprint density at radius 1 is 1.12 bits per heavy atom. The predicted octanol–water partition coefficient (Wildman–Crippen LogP) is 0.120. The number of aromatic amines is 1. The van der Waals surface area contributed by atoms with Gasteiger partial charge in [-0.2, -0.15) is 5.10 Å². The zero-order valence-electron chi connectivity index (χ0n) is 13.9. The second kappa shape index (κ2) is 5.88. The maximum atomic E-state index is 12.5. The van der Waals surface area contributed by atoms with Crippen molar-refractivity contribution in [3.63, 3.8) is 0 Å². The van der Waals surface area contributed by atoms with Crippen molar-refractivity contribution in [3.05, 3.63) is 61.8 Å². The van der Waals surface area contributed by atoms with E-state index >= 15 is 0 Å². The van der Waals surface area contributed by atoms with Gasteiger partial charge in [-0.1, -0.05) is 23.4 Å². The number of nitrogens with zero attached hydrogens (tertiary/aromatic N) is 7. The smallest absolute Gasteiger partial charge is 0.278 e. The van der Waals surface area contributed by atoms with E-state index in [1.165, 1.54) is 16.3 Å². The number of aromatic nitrogens is 8. The molecule has 0 saturated heterocycles. The predicted molar refractivity (Wildman–Crippen MR) is 95.9 cm³/mol. The second-order valence-electron chi connectivity index (χ2n) is 5.74. The fourth-order valence-corrected chi connectivity index (χ4v) is 3.08. The molecule has 4 aromatic rings. The molecule has 0 radical (unpaired) electrons. The molecule has 3 aromatic heterocycles. The lowest BCUT2D eigenvalue weighted by atomic mass is 10.3. The normalized spacial score (nSPS) is 11.3. The van der Waals surface area contributed by atoms with Crippen LogP contribution in [0, 0.1) is 4.77 Å². The van der Waals surface area contributed by atoms with Crippen LogP contribution in [0.4, 0.5) is 0 Å². The van der Waals surface area contributed by atoms with Crippen molar-refractivity contribution in [2.45, 2.75) is 6.54 Å². The minimum atomic E-state index is -0.464. The van der Waals surface area contributed by atoms with Gasteiger partial charge in [0.15, 0.2) is 21.8 Å². The first-order chi connectivity index (χ1) is 12.5. The van der Waals surface area contributed by atoms with Crippen molar-refractivity contribution in [1.29, 1.82) is 0 Å². The molecule has 0 fully saturated rings. The fraction of sp³-hybridized carbons (Fsp3) is 0.200. The summed E-state index contributed by atoms with van der Waals surface area (Å²) in [6.07, 6.45) is 0. The Morgan fingerprint density at radius 2 is 1.85 bits per heavy atom. The quantitative estimate of drug-likeness (QED) is 0.513. The average Bonchev–Trinajstić information content (AvgIpc) is 3.23. The van der Waals surface area contributed by atoms with Gasteiger partial charge < -0.3 is 0 Å². The van der Waals surface area contributed by atoms with Crippen LogP contribution in [0.25, 0.3) is 16.9 Å². The lowest BCUT2D eigenvalue weighted by Gasteiger charge is -2.07. The van der Waals surface area contributed by atoms with E-state index in [0.717, 1.165) is 10.3 Å². The van der Waals surface area contributed by atoms with E-state index in [1.54, 1.807) is 11.6 Å². The first-order valence-electron chi connectivity index (χ1n) is 7.70. The highest BCUT2D eigenvalue weighted by Crippen LogP contribution is 2.12. The number of hydrogen-bond donors (Lipinski definition) is 1. The number of aryl methyl sites for hydroxylation is 1. The van der Waals surface area contributed by atoms with Crippen LogP contribution >= 0.6 is 12.2 Å². The number of fused-ring (bicyclic) bond motifs is 1. The Bertz CT molecular complexity index is 1290. The Balaban J connectivity index is 1.90. The van der Waals surface area contributed by atoms with Gasteiger partial charge in [0, 0.05) is 19.8 Å². The van der Waals surface area contributed by atoms with Gasteiger partial charge in [-0.25, -0.2) is 9.48 Å². The third-order valence-electron chi connectivity index (χ3n) is 4.16. The number of nitrogens with one attached hydrogen (secondary N) is 1. The molecule has 3 heterocycles. The summed E-state index contributed by atoms with van der Waals surface area (Å²) in [6.45, 7) is 0.159. The van der Waals surface area contributed by atoms with Crippen LogP contribution in [0.1, 0.15) is 5.82 Å².